The van der Waals surface area contributed by atoms with Crippen LogP contribution in [0.2, 0.25) is 0 Å². The van der Waals surface area contributed by atoms with Crippen molar-refractivity contribution < 1.29 is 8.42 Å². The summed E-state index contributed by atoms with van der Waals surface area (Å²) in [6.45, 7) is 6.96. The van der Waals surface area contributed by atoms with Crippen LogP contribution in [-0.2, 0) is 10.0 Å². The second-order valence-electron chi connectivity index (χ2n) is 5.83. The van der Waals surface area contributed by atoms with E-state index in [1.165, 1.54) is 38.8 Å². The van der Waals surface area contributed by atoms with Crippen molar-refractivity contribution in [1.82, 2.24) is 20.3 Å². The first-order valence-corrected chi connectivity index (χ1v) is 10.4. The van der Waals surface area contributed by atoms with Crippen molar-refractivity contribution >= 4 is 16.0 Å². The minimum absolute atomic E-state index is 0.108. The molecule has 0 aliphatic carbocycles. The van der Waals surface area contributed by atoms with Gasteiger partial charge in [-0.2, -0.15) is 0 Å². The van der Waals surface area contributed by atoms with Crippen molar-refractivity contribution in [3.8, 4) is 0 Å². The van der Waals surface area contributed by atoms with Gasteiger partial charge in [-0.05, 0) is 45.8 Å². The highest BCUT2D eigenvalue weighted by Gasteiger charge is 2.08. The Labute approximate surface area is 141 Å². The average Bonchev–Trinajstić information content (AvgIpc) is 2.82. The summed E-state index contributed by atoms with van der Waals surface area (Å²) in [6, 6.07) is 0. The van der Waals surface area contributed by atoms with Crippen LogP contribution >= 0.6 is 0 Å². The van der Waals surface area contributed by atoms with Crippen LogP contribution < -0.4 is 15.4 Å². The predicted octanol–water partition coefficient (Wildman–Crippen LogP) is 0.357. The molecule has 0 radical (unpaired) electrons. The maximum Gasteiger partial charge on any atom is 0.211 e. The minimum Gasteiger partial charge on any atom is -0.356 e. The summed E-state index contributed by atoms with van der Waals surface area (Å²) in [5, 5.41) is 6.38. The lowest BCUT2D eigenvalue weighted by atomic mass is 10.2. The molecule has 0 bridgehead atoms. The molecule has 8 heteroatoms. The van der Waals surface area contributed by atoms with E-state index in [0.717, 1.165) is 25.5 Å². The number of guanidine groups is 1. The van der Waals surface area contributed by atoms with Crippen molar-refractivity contribution in [1.29, 1.82) is 0 Å². The zero-order chi connectivity index (χ0) is 17.0. The van der Waals surface area contributed by atoms with E-state index in [2.05, 4.69) is 25.2 Å². The van der Waals surface area contributed by atoms with E-state index < -0.39 is 10.0 Å². The van der Waals surface area contributed by atoms with E-state index in [9.17, 15) is 8.42 Å². The molecule has 0 aromatic rings. The molecule has 136 valence electrons. The first-order chi connectivity index (χ1) is 11.1. The molecule has 1 heterocycles. The van der Waals surface area contributed by atoms with Gasteiger partial charge in [-0.1, -0.05) is 12.8 Å². The van der Waals surface area contributed by atoms with Crippen molar-refractivity contribution in [3.63, 3.8) is 0 Å². The van der Waals surface area contributed by atoms with Gasteiger partial charge >= 0.3 is 0 Å². The fraction of sp³-hybridized carbons (Fsp3) is 0.933. The number of nitrogens with zero attached hydrogens (tertiary/aromatic N) is 2. The third-order valence-electron chi connectivity index (χ3n) is 3.99. The monoisotopic (exact) mass is 347 g/mol. The molecule has 0 saturated carbocycles. The van der Waals surface area contributed by atoms with Crippen molar-refractivity contribution in [2.75, 3.05) is 52.1 Å². The van der Waals surface area contributed by atoms with Crippen LogP contribution in [0, 0.1) is 0 Å². The molecule has 0 atom stereocenters. The molecule has 1 saturated heterocycles. The Hall–Kier alpha value is -0.860. The molecule has 1 aliphatic heterocycles. The molecule has 0 aromatic heterocycles. The van der Waals surface area contributed by atoms with E-state index in [1.54, 1.807) is 14.0 Å². The van der Waals surface area contributed by atoms with E-state index >= 15 is 0 Å². The quantitative estimate of drug-likeness (QED) is 0.318. The third-order valence-corrected chi connectivity index (χ3v) is 5.39. The van der Waals surface area contributed by atoms with Gasteiger partial charge in [-0.15, -0.1) is 0 Å². The Balaban J connectivity index is 2.09. The lowest BCUT2D eigenvalue weighted by Crippen LogP contribution is -2.42. The third kappa shape index (κ3) is 9.78. The molecule has 1 aliphatic rings. The van der Waals surface area contributed by atoms with Gasteiger partial charge in [-0.25, -0.2) is 13.1 Å². The second kappa shape index (κ2) is 11.6. The molecule has 1 rings (SSSR count). The van der Waals surface area contributed by atoms with Crippen LogP contribution in [-0.4, -0.2) is 71.3 Å². The molecule has 0 aromatic carbocycles. The number of aliphatic imine (C=N–C) groups is 1. The number of nitrogens with one attached hydrogen (secondary N) is 3. The van der Waals surface area contributed by atoms with Gasteiger partial charge in [0.05, 0.1) is 5.75 Å². The molecule has 0 amide bonds. The van der Waals surface area contributed by atoms with Crippen LogP contribution in [0.1, 0.15) is 39.0 Å². The summed E-state index contributed by atoms with van der Waals surface area (Å²) >= 11 is 0. The van der Waals surface area contributed by atoms with Crippen LogP contribution in [0.3, 0.4) is 0 Å². The molecule has 1 fully saturated rings. The maximum absolute atomic E-state index is 11.3. The molecular formula is C15H33N5O2S. The highest BCUT2D eigenvalue weighted by Crippen LogP contribution is 2.09. The second-order valence-corrected chi connectivity index (χ2v) is 7.93. The smallest absolute Gasteiger partial charge is 0.211 e. The van der Waals surface area contributed by atoms with Gasteiger partial charge in [0.1, 0.15) is 0 Å². The molecule has 0 unspecified atom stereocenters. The Morgan fingerprint density at radius 1 is 1.04 bits per heavy atom. The first-order valence-electron chi connectivity index (χ1n) is 8.71. The zero-order valence-corrected chi connectivity index (χ0v) is 15.4. The van der Waals surface area contributed by atoms with Crippen LogP contribution in [0.4, 0.5) is 0 Å². The minimum atomic E-state index is -3.12. The number of likely N-dealkylation sites (tertiary alicyclic amines) is 1. The Kier molecular flexibility index (Phi) is 10.2. The zero-order valence-electron chi connectivity index (χ0n) is 14.6. The summed E-state index contributed by atoms with van der Waals surface area (Å²) in [4.78, 5) is 6.69. The van der Waals surface area contributed by atoms with Crippen LogP contribution in [0.15, 0.2) is 4.99 Å². The summed E-state index contributed by atoms with van der Waals surface area (Å²) in [5.74, 6) is 0.827. The van der Waals surface area contributed by atoms with E-state index in [1.807, 2.05) is 0 Å². The van der Waals surface area contributed by atoms with E-state index in [0.29, 0.717) is 13.1 Å². The Morgan fingerprint density at radius 3 is 2.30 bits per heavy atom. The summed E-state index contributed by atoms with van der Waals surface area (Å²) < 4.78 is 25.1. The fourth-order valence-corrected chi connectivity index (χ4v) is 3.20. The molecule has 23 heavy (non-hydrogen) atoms. The Morgan fingerprint density at radius 2 is 1.70 bits per heavy atom. The SMILES string of the molecule is CCS(=O)(=O)NCCNC(=NC)NCCCN1CCCCCC1. The van der Waals surface area contributed by atoms with Crippen LogP contribution in [0.5, 0.6) is 0 Å². The molecule has 0 spiro atoms. The van der Waals surface area contributed by atoms with Gasteiger partial charge in [0.15, 0.2) is 5.96 Å². The normalized spacial score (nSPS) is 17.7. The topological polar surface area (TPSA) is 85.8 Å². The molecule has 7 nitrogen and oxygen atoms in total. The van der Waals surface area contributed by atoms with Crippen molar-refractivity contribution in [2.24, 2.45) is 4.99 Å². The van der Waals surface area contributed by atoms with Gasteiger partial charge in [-0.3, -0.25) is 4.99 Å². The van der Waals surface area contributed by atoms with Crippen LogP contribution in [0.25, 0.3) is 0 Å². The lowest BCUT2D eigenvalue weighted by molar-refractivity contribution is 0.282. The summed E-state index contributed by atoms with van der Waals surface area (Å²) in [5.41, 5.74) is 0. The highest BCUT2D eigenvalue weighted by molar-refractivity contribution is 7.89. The first kappa shape index (κ1) is 20.2. The predicted molar refractivity (Wildman–Crippen MR) is 96.4 cm³/mol. The Bertz CT molecular complexity index is 431. The fourth-order valence-electron chi connectivity index (χ4n) is 2.58. The van der Waals surface area contributed by atoms with E-state index in [-0.39, 0.29) is 5.75 Å². The average molecular weight is 348 g/mol. The number of hydrogen-bond acceptors (Lipinski definition) is 4. The maximum atomic E-state index is 11.3. The van der Waals surface area contributed by atoms with Gasteiger partial charge in [0, 0.05) is 26.7 Å². The number of hydrogen-bond donors (Lipinski definition) is 3. The summed E-state index contributed by atoms with van der Waals surface area (Å²) in [7, 11) is -1.39. The number of sulfonamides is 1. The standard InChI is InChI=1S/C15H33N5O2S/c1-3-23(21,22)19-11-10-18-15(16-2)17-9-8-14-20-12-6-4-5-7-13-20/h19H,3-14H2,1-2H3,(H2,16,17,18). The molecular weight excluding hydrogens is 314 g/mol. The van der Waals surface area contributed by atoms with Crippen molar-refractivity contribution in [3.05, 3.63) is 0 Å². The highest BCUT2D eigenvalue weighted by atomic mass is 32.2. The van der Waals surface area contributed by atoms with E-state index in [4.69, 9.17) is 0 Å². The van der Waals surface area contributed by atoms with Gasteiger partial charge < -0.3 is 15.5 Å². The van der Waals surface area contributed by atoms with Gasteiger partial charge in [0.25, 0.3) is 0 Å². The van der Waals surface area contributed by atoms with Gasteiger partial charge in [0.2, 0.25) is 10.0 Å². The largest absolute Gasteiger partial charge is 0.356 e. The molecule has 3 N–H and O–H groups in total. The van der Waals surface area contributed by atoms with Crippen molar-refractivity contribution in [2.45, 2.75) is 39.0 Å². The summed E-state index contributed by atoms with van der Waals surface area (Å²) in [6.07, 6.45) is 6.47. The number of rotatable bonds is 9. The lowest BCUT2D eigenvalue weighted by Gasteiger charge is -2.20.